The Morgan fingerprint density at radius 2 is 0.731 bits per heavy atom. The van der Waals surface area contributed by atoms with Crippen molar-refractivity contribution >= 4 is 35.4 Å². The number of hydrogen-bond acceptors (Lipinski definition) is 6. The van der Waals surface area contributed by atoms with Gasteiger partial charge in [-0.05, 0) is 12.8 Å². The summed E-state index contributed by atoms with van der Waals surface area (Å²) in [5, 5.41) is 0. The van der Waals surface area contributed by atoms with Crippen molar-refractivity contribution in [1.29, 1.82) is 0 Å². The molecule has 12 heteroatoms. The van der Waals surface area contributed by atoms with E-state index in [1.807, 2.05) is 0 Å². The van der Waals surface area contributed by atoms with Gasteiger partial charge >= 0.3 is 0 Å². The van der Waals surface area contributed by atoms with Crippen LogP contribution in [0.5, 0.6) is 0 Å². The quantitative estimate of drug-likeness (QED) is 0.237. The van der Waals surface area contributed by atoms with Gasteiger partial charge in [-0.15, -0.1) is 0 Å². The van der Waals surface area contributed by atoms with Gasteiger partial charge < -0.3 is 32.7 Å². The molecule has 0 unspecified atom stereocenters. The molecule has 0 rings (SSSR count). The minimum Gasteiger partial charge on any atom is -0.368 e. The average Bonchev–Trinajstić information content (AvgIpc) is 2.47. The topological polar surface area (TPSA) is 213 Å². The van der Waals surface area contributed by atoms with Gasteiger partial charge in [0.2, 0.25) is 35.4 Å². The molecule has 0 saturated carbocycles. The molecule has 0 saturated heterocycles. The van der Waals surface area contributed by atoms with E-state index >= 15 is 0 Å². The van der Waals surface area contributed by atoms with Crippen LogP contribution in [0.25, 0.3) is 0 Å². The van der Waals surface area contributed by atoms with E-state index in [4.69, 9.17) is 22.9 Å². The van der Waals surface area contributed by atoms with Crippen molar-refractivity contribution < 1.29 is 28.8 Å². The van der Waals surface area contributed by atoms with Crippen LogP contribution >= 0.6 is 0 Å². The van der Waals surface area contributed by atoms with Gasteiger partial charge in [-0.1, -0.05) is 0 Å². The molecular weight excluding hydrogens is 348 g/mol. The second-order valence-corrected chi connectivity index (χ2v) is 5.57. The fourth-order valence-corrected chi connectivity index (χ4v) is 2.09. The summed E-state index contributed by atoms with van der Waals surface area (Å²) >= 11 is 0. The molecule has 8 N–H and O–H groups in total. The summed E-state index contributed by atoms with van der Waals surface area (Å²) in [5.41, 5.74) is 20.0. The van der Waals surface area contributed by atoms with Crippen molar-refractivity contribution in [3.8, 4) is 0 Å². The van der Waals surface area contributed by atoms with Gasteiger partial charge in [-0.3, -0.25) is 28.8 Å². The molecule has 0 fully saturated rings. The van der Waals surface area contributed by atoms with E-state index in [0.29, 0.717) is 0 Å². The number of amides is 6. The van der Waals surface area contributed by atoms with Gasteiger partial charge in [0.25, 0.3) is 0 Å². The molecule has 0 spiro atoms. The summed E-state index contributed by atoms with van der Waals surface area (Å²) in [5.74, 6) is -4.18. The largest absolute Gasteiger partial charge is 0.368 e. The van der Waals surface area contributed by atoms with Crippen LogP contribution in [0.3, 0.4) is 0 Å². The van der Waals surface area contributed by atoms with E-state index in [-0.39, 0.29) is 25.7 Å². The minimum absolute atomic E-state index is 0.0422. The third-order valence-electron chi connectivity index (χ3n) is 3.12. The number of unbranched alkanes of at least 4 members (excludes halogenated alkanes) is 1. The summed E-state index contributed by atoms with van der Waals surface area (Å²) in [6, 6.07) is 0. The Hall–Kier alpha value is -3.18. The van der Waals surface area contributed by atoms with E-state index < -0.39 is 61.6 Å². The number of carbonyl (C=O) groups excluding carboxylic acids is 6. The monoisotopic (exact) mass is 372 g/mol. The van der Waals surface area contributed by atoms with Crippen molar-refractivity contribution in [1.82, 2.24) is 9.80 Å². The van der Waals surface area contributed by atoms with E-state index in [2.05, 4.69) is 0 Å². The highest BCUT2D eigenvalue weighted by molar-refractivity contribution is 5.89. The van der Waals surface area contributed by atoms with Crippen LogP contribution in [-0.4, -0.2) is 71.4 Å². The Bertz CT molecular complexity index is 496. The van der Waals surface area contributed by atoms with Crippen LogP contribution in [0.15, 0.2) is 0 Å². The Morgan fingerprint density at radius 1 is 0.500 bits per heavy atom. The molecule has 146 valence electrons. The summed E-state index contributed by atoms with van der Waals surface area (Å²) < 4.78 is 0. The Kier molecular flexibility index (Phi) is 9.99. The molecule has 26 heavy (non-hydrogen) atoms. The third-order valence-corrected chi connectivity index (χ3v) is 3.12. The first-order chi connectivity index (χ1) is 12.0. The number of primary amides is 4. The van der Waals surface area contributed by atoms with Crippen LogP contribution < -0.4 is 22.9 Å². The molecule has 0 aliphatic rings. The van der Waals surface area contributed by atoms with Crippen molar-refractivity contribution in [2.75, 3.05) is 26.2 Å². The smallest absolute Gasteiger partial charge is 0.237 e. The van der Waals surface area contributed by atoms with Gasteiger partial charge in [0, 0.05) is 12.8 Å². The Balaban J connectivity index is 4.46. The second-order valence-electron chi connectivity index (χ2n) is 5.57. The van der Waals surface area contributed by atoms with Gasteiger partial charge in [0.15, 0.2) is 0 Å². The molecule has 0 atom stereocenters. The van der Waals surface area contributed by atoms with Crippen molar-refractivity contribution in [3.05, 3.63) is 0 Å². The lowest BCUT2D eigenvalue weighted by atomic mass is 10.1. The molecule has 6 amide bonds. The SMILES string of the molecule is NC(=O)CN(CC(N)=O)C(=O)CCCCC(=O)N(CC(N)=O)CC(N)=O. The number of nitrogens with zero attached hydrogens (tertiary/aromatic N) is 2. The minimum atomic E-state index is -0.789. The summed E-state index contributed by atoms with van der Waals surface area (Å²) in [6.07, 6.45) is 0.443. The first kappa shape index (κ1) is 22.8. The predicted octanol–water partition coefficient (Wildman–Crippen LogP) is -3.85. The van der Waals surface area contributed by atoms with Crippen LogP contribution in [0.1, 0.15) is 25.7 Å². The van der Waals surface area contributed by atoms with Gasteiger partial charge in [-0.25, -0.2) is 0 Å². The third kappa shape index (κ3) is 10.6. The zero-order valence-corrected chi connectivity index (χ0v) is 14.3. The fourth-order valence-electron chi connectivity index (χ4n) is 2.09. The average molecular weight is 372 g/mol. The number of carbonyl (C=O) groups is 6. The van der Waals surface area contributed by atoms with Crippen molar-refractivity contribution in [2.45, 2.75) is 25.7 Å². The molecule has 0 aromatic carbocycles. The van der Waals surface area contributed by atoms with E-state index in [0.717, 1.165) is 9.80 Å². The molecular formula is C14H24N6O6. The highest BCUT2D eigenvalue weighted by atomic mass is 16.2. The zero-order valence-electron chi connectivity index (χ0n) is 14.3. The van der Waals surface area contributed by atoms with Gasteiger partial charge in [0.05, 0.1) is 26.2 Å². The van der Waals surface area contributed by atoms with Crippen molar-refractivity contribution in [2.24, 2.45) is 22.9 Å². The van der Waals surface area contributed by atoms with E-state index in [1.165, 1.54) is 0 Å². The Morgan fingerprint density at radius 3 is 0.923 bits per heavy atom. The first-order valence-electron chi connectivity index (χ1n) is 7.71. The van der Waals surface area contributed by atoms with Gasteiger partial charge in [0.1, 0.15) is 0 Å². The maximum absolute atomic E-state index is 12.0. The predicted molar refractivity (Wildman–Crippen MR) is 88.4 cm³/mol. The fraction of sp³-hybridized carbons (Fsp3) is 0.571. The van der Waals surface area contributed by atoms with Crippen LogP contribution in [0.4, 0.5) is 0 Å². The summed E-state index contributed by atoms with van der Waals surface area (Å²) in [4.78, 5) is 69.5. The molecule has 0 aliphatic carbocycles. The van der Waals surface area contributed by atoms with Crippen LogP contribution in [0, 0.1) is 0 Å². The lowest BCUT2D eigenvalue weighted by Gasteiger charge is -2.20. The molecule has 0 heterocycles. The second kappa shape index (κ2) is 11.4. The molecule has 0 radical (unpaired) electrons. The summed E-state index contributed by atoms with van der Waals surface area (Å²) in [7, 11) is 0. The van der Waals surface area contributed by atoms with E-state index in [9.17, 15) is 28.8 Å². The molecule has 0 aromatic rings. The van der Waals surface area contributed by atoms with E-state index in [1.54, 1.807) is 0 Å². The highest BCUT2D eigenvalue weighted by Crippen LogP contribution is 2.06. The lowest BCUT2D eigenvalue weighted by molar-refractivity contribution is -0.139. The standard InChI is InChI=1S/C14H24N6O6/c15-9(21)5-19(6-10(16)22)13(25)3-1-2-4-14(26)20(7-11(17)23)8-12(18)24/h1-8H2,(H2,15,21)(H2,16,22)(H2,17,23)(H2,18,24). The number of rotatable bonds is 13. The maximum Gasteiger partial charge on any atom is 0.237 e. The maximum atomic E-state index is 12.0. The van der Waals surface area contributed by atoms with Crippen LogP contribution in [0.2, 0.25) is 0 Å². The van der Waals surface area contributed by atoms with Crippen molar-refractivity contribution in [3.63, 3.8) is 0 Å². The van der Waals surface area contributed by atoms with Gasteiger partial charge in [-0.2, -0.15) is 0 Å². The lowest BCUT2D eigenvalue weighted by Crippen LogP contribution is -2.43. The Labute approximate surface area is 149 Å². The van der Waals surface area contributed by atoms with Crippen LogP contribution in [-0.2, 0) is 28.8 Å². The summed E-state index contributed by atoms with van der Waals surface area (Å²) in [6.45, 7) is -1.76. The number of nitrogens with two attached hydrogens (primary N) is 4. The molecule has 0 aromatic heterocycles. The zero-order chi connectivity index (χ0) is 20.3. The normalized spacial score (nSPS) is 10.0. The first-order valence-corrected chi connectivity index (χ1v) is 7.71. The highest BCUT2D eigenvalue weighted by Gasteiger charge is 2.19. The molecule has 0 aliphatic heterocycles. The number of hydrogen-bond donors (Lipinski definition) is 4. The molecule has 12 nitrogen and oxygen atoms in total. The molecule has 0 bridgehead atoms.